The third-order valence-corrected chi connectivity index (χ3v) is 3.19. The maximum atomic E-state index is 12.7. The minimum atomic E-state index is -1.50. The number of benzene rings is 1. The molecular weight excluding hydrogens is 256 g/mol. The summed E-state index contributed by atoms with van der Waals surface area (Å²) in [6.07, 6.45) is 0.566. The number of alkyl halides is 1. The highest BCUT2D eigenvalue weighted by atomic mass is 19.1. The van der Waals surface area contributed by atoms with Crippen LogP contribution in [0.1, 0.15) is 17.9 Å². The van der Waals surface area contributed by atoms with Gasteiger partial charge in [-0.05, 0) is 30.0 Å². The van der Waals surface area contributed by atoms with Gasteiger partial charge in [-0.1, -0.05) is 12.1 Å². The number of hydrogen-bond acceptors (Lipinski definition) is 2. The number of carbonyl (C=O) groups is 2. The Morgan fingerprint density at radius 2 is 2.00 bits per heavy atom. The van der Waals surface area contributed by atoms with Crippen molar-refractivity contribution in [1.82, 2.24) is 5.32 Å². The quantitative estimate of drug-likeness (QED) is 0.850. The van der Waals surface area contributed by atoms with Crippen LogP contribution in [0.4, 0.5) is 8.78 Å². The maximum absolute atomic E-state index is 12.7. The van der Waals surface area contributed by atoms with Crippen molar-refractivity contribution in [3.63, 3.8) is 0 Å². The Bertz CT molecular complexity index is 489. The van der Waals surface area contributed by atoms with E-state index >= 15 is 0 Å². The molecule has 102 valence electrons. The van der Waals surface area contributed by atoms with Crippen LogP contribution in [0.3, 0.4) is 0 Å². The van der Waals surface area contributed by atoms with Gasteiger partial charge in [-0.15, -0.1) is 0 Å². The van der Waals surface area contributed by atoms with Gasteiger partial charge in [0.25, 0.3) is 0 Å². The van der Waals surface area contributed by atoms with Crippen molar-refractivity contribution in [3.05, 3.63) is 35.6 Å². The maximum Gasteiger partial charge on any atom is 0.328 e. The van der Waals surface area contributed by atoms with E-state index in [1.54, 1.807) is 12.1 Å². The van der Waals surface area contributed by atoms with Gasteiger partial charge in [0.15, 0.2) is 6.04 Å². The van der Waals surface area contributed by atoms with Gasteiger partial charge in [0.1, 0.15) is 12.5 Å². The summed E-state index contributed by atoms with van der Waals surface area (Å²) in [6.45, 7) is -1.14. The van der Waals surface area contributed by atoms with Crippen molar-refractivity contribution in [2.24, 2.45) is 5.92 Å². The lowest BCUT2D eigenvalue weighted by molar-refractivity contribution is -0.142. The normalized spacial score (nSPS) is 22.6. The molecule has 1 aliphatic rings. The first-order valence-electron chi connectivity index (χ1n) is 5.87. The second kappa shape index (κ2) is 5.34. The molecule has 4 nitrogen and oxygen atoms in total. The fourth-order valence-electron chi connectivity index (χ4n) is 2.01. The van der Waals surface area contributed by atoms with Gasteiger partial charge < -0.3 is 10.4 Å². The molecule has 0 aliphatic heterocycles. The van der Waals surface area contributed by atoms with Crippen LogP contribution >= 0.6 is 0 Å². The number of carbonyl (C=O) groups excluding carboxylic acids is 1. The topological polar surface area (TPSA) is 66.4 Å². The van der Waals surface area contributed by atoms with Crippen molar-refractivity contribution in [2.75, 3.05) is 6.67 Å². The van der Waals surface area contributed by atoms with Gasteiger partial charge in [0.05, 0.1) is 0 Å². The molecule has 3 atom stereocenters. The first kappa shape index (κ1) is 13.5. The van der Waals surface area contributed by atoms with E-state index in [1.165, 1.54) is 12.1 Å². The second-order valence-corrected chi connectivity index (χ2v) is 4.55. The van der Waals surface area contributed by atoms with Crippen molar-refractivity contribution in [2.45, 2.75) is 18.4 Å². The number of halogens is 2. The van der Waals surface area contributed by atoms with Crippen molar-refractivity contribution in [3.8, 4) is 0 Å². The van der Waals surface area contributed by atoms with Crippen LogP contribution in [0.2, 0.25) is 0 Å². The van der Waals surface area contributed by atoms with Crippen molar-refractivity contribution < 1.29 is 23.5 Å². The fourth-order valence-corrected chi connectivity index (χ4v) is 2.01. The van der Waals surface area contributed by atoms with Gasteiger partial charge in [0, 0.05) is 5.92 Å². The minimum absolute atomic E-state index is 0.0466. The standard InChI is InChI=1S/C13H13F2NO3/c14-6-11(13(18)19)16-12(17)10-5-9(10)7-1-3-8(15)4-2-7/h1-4,9-11H,5-6H2,(H,16,17)(H,18,19). The molecular formula is C13H13F2NO3. The summed E-state index contributed by atoms with van der Waals surface area (Å²) >= 11 is 0. The lowest BCUT2D eigenvalue weighted by Gasteiger charge is -2.10. The van der Waals surface area contributed by atoms with Crippen molar-refractivity contribution >= 4 is 11.9 Å². The average Bonchev–Trinajstić information content (AvgIpc) is 3.16. The van der Waals surface area contributed by atoms with Crippen molar-refractivity contribution in [1.29, 1.82) is 0 Å². The third-order valence-electron chi connectivity index (χ3n) is 3.19. The predicted octanol–water partition coefficient (Wildman–Crippen LogP) is 1.47. The van der Waals surface area contributed by atoms with Gasteiger partial charge in [0.2, 0.25) is 5.91 Å². The van der Waals surface area contributed by atoms with Gasteiger partial charge in [-0.25, -0.2) is 13.6 Å². The zero-order valence-electron chi connectivity index (χ0n) is 9.98. The van der Waals surface area contributed by atoms with E-state index in [4.69, 9.17) is 5.11 Å². The monoisotopic (exact) mass is 269 g/mol. The predicted molar refractivity (Wildman–Crippen MR) is 62.8 cm³/mol. The Hall–Kier alpha value is -1.98. The van der Waals surface area contributed by atoms with Gasteiger partial charge in [-0.3, -0.25) is 4.79 Å². The number of nitrogens with one attached hydrogen (secondary N) is 1. The molecule has 1 aliphatic carbocycles. The molecule has 0 heterocycles. The molecule has 1 aromatic rings. The number of aliphatic carboxylic acids is 1. The minimum Gasteiger partial charge on any atom is -0.480 e. The molecule has 2 rings (SSSR count). The Morgan fingerprint density at radius 3 is 2.53 bits per heavy atom. The molecule has 0 radical (unpaired) electrons. The molecule has 0 saturated heterocycles. The van der Waals surface area contributed by atoms with Crippen LogP contribution in [0.15, 0.2) is 24.3 Å². The SMILES string of the molecule is O=C(O)C(CF)NC(=O)C1CC1c1ccc(F)cc1. The molecule has 1 saturated carbocycles. The van der Waals surface area contributed by atoms with Crippen LogP contribution in [0.25, 0.3) is 0 Å². The van der Waals surface area contributed by atoms with E-state index < -0.39 is 24.6 Å². The number of carboxylic acid groups (broad SMARTS) is 1. The molecule has 1 aromatic carbocycles. The smallest absolute Gasteiger partial charge is 0.328 e. The van der Waals surface area contributed by atoms with Crippen LogP contribution in [0, 0.1) is 11.7 Å². The zero-order valence-corrected chi connectivity index (χ0v) is 9.98. The highest BCUT2D eigenvalue weighted by Gasteiger charge is 2.44. The van der Waals surface area contributed by atoms with Gasteiger partial charge in [-0.2, -0.15) is 0 Å². The summed E-state index contributed by atoms with van der Waals surface area (Å²) in [5, 5.41) is 10.8. The van der Waals surface area contributed by atoms with Crippen LogP contribution < -0.4 is 5.32 Å². The second-order valence-electron chi connectivity index (χ2n) is 4.55. The van der Waals surface area contributed by atoms with Crippen LogP contribution in [-0.4, -0.2) is 29.7 Å². The zero-order chi connectivity index (χ0) is 14.0. The summed E-state index contributed by atoms with van der Waals surface area (Å²) in [7, 11) is 0. The highest BCUT2D eigenvalue weighted by molar-refractivity contribution is 5.87. The number of amides is 1. The molecule has 0 aromatic heterocycles. The molecule has 2 N–H and O–H groups in total. The van der Waals surface area contributed by atoms with E-state index in [1.807, 2.05) is 0 Å². The largest absolute Gasteiger partial charge is 0.480 e. The molecule has 3 unspecified atom stereocenters. The first-order chi connectivity index (χ1) is 9.02. The fraction of sp³-hybridized carbons (Fsp3) is 0.385. The van der Waals surface area contributed by atoms with E-state index in [9.17, 15) is 18.4 Å². The molecule has 0 spiro atoms. The summed E-state index contributed by atoms with van der Waals surface area (Å²) in [6, 6.07) is 4.31. The number of carboxylic acids is 1. The molecule has 6 heteroatoms. The van der Waals surface area contributed by atoms with E-state index in [0.29, 0.717) is 6.42 Å². The highest BCUT2D eigenvalue weighted by Crippen LogP contribution is 2.47. The van der Waals surface area contributed by atoms with Crippen LogP contribution in [0.5, 0.6) is 0 Å². The van der Waals surface area contributed by atoms with Gasteiger partial charge >= 0.3 is 5.97 Å². The Morgan fingerprint density at radius 1 is 1.37 bits per heavy atom. The van der Waals surface area contributed by atoms with E-state index in [0.717, 1.165) is 5.56 Å². The van der Waals surface area contributed by atoms with E-state index in [-0.39, 0.29) is 17.7 Å². The number of rotatable bonds is 5. The Balaban J connectivity index is 1.93. The average molecular weight is 269 g/mol. The summed E-state index contributed by atoms with van der Waals surface area (Å²) in [5.41, 5.74) is 0.827. The molecule has 0 bridgehead atoms. The van der Waals surface area contributed by atoms with Crippen LogP contribution in [-0.2, 0) is 9.59 Å². The lowest BCUT2D eigenvalue weighted by Crippen LogP contribution is -2.43. The molecule has 1 fully saturated rings. The third kappa shape index (κ3) is 3.07. The summed E-state index contributed by atoms with van der Waals surface area (Å²) < 4.78 is 25.1. The first-order valence-corrected chi connectivity index (χ1v) is 5.87. The molecule has 19 heavy (non-hydrogen) atoms. The Kier molecular flexibility index (Phi) is 3.78. The van der Waals surface area contributed by atoms with E-state index in [2.05, 4.69) is 5.32 Å². The summed E-state index contributed by atoms with van der Waals surface area (Å²) in [4.78, 5) is 22.3. The summed E-state index contributed by atoms with van der Waals surface area (Å²) in [5.74, 6) is -2.63. The Labute approximate surface area is 108 Å². The number of hydrogen-bond donors (Lipinski definition) is 2. The molecule has 1 amide bonds. The lowest BCUT2D eigenvalue weighted by atomic mass is 10.1.